The Labute approximate surface area is 62.4 Å². The number of allylic oxidation sites excluding steroid dienone is 1. The molecule has 7 heteroatoms. The summed E-state index contributed by atoms with van der Waals surface area (Å²) in [6.07, 6.45) is -6.94. The van der Waals surface area contributed by atoms with Gasteiger partial charge < -0.3 is 0 Å². The molecular weight excluding hydrogens is 197 g/mol. The summed E-state index contributed by atoms with van der Waals surface area (Å²) >= 11 is 3.91. The molecule has 0 aromatic heterocycles. The summed E-state index contributed by atoms with van der Waals surface area (Å²) in [7, 11) is 0. The number of hydrogen-bond acceptors (Lipinski definition) is 0. The molecule has 0 amide bonds. The molecule has 0 radical (unpaired) electrons. The molecule has 0 spiro atoms. The molecule has 0 heterocycles. The summed E-state index contributed by atoms with van der Waals surface area (Å²) in [5.74, 6) is -2.84. The Morgan fingerprint density at radius 1 is 1.18 bits per heavy atom. The summed E-state index contributed by atoms with van der Waals surface area (Å²) in [5, 5.41) is -4.65. The monoisotopic (exact) mass is 198 g/mol. The van der Waals surface area contributed by atoms with Crippen molar-refractivity contribution in [2.75, 3.05) is 0 Å². The zero-order valence-electron chi connectivity index (χ0n) is 4.72. The lowest BCUT2D eigenvalue weighted by Crippen LogP contribution is -2.23. The van der Waals surface area contributed by atoms with Crippen molar-refractivity contribution in [2.45, 2.75) is 11.6 Å². The maximum absolute atomic E-state index is 11.8. The number of halogens is 7. The molecule has 0 aliphatic heterocycles. The van der Waals surface area contributed by atoms with Gasteiger partial charge in [-0.2, -0.15) is 17.6 Å². The van der Waals surface area contributed by atoms with E-state index in [1.807, 2.05) is 0 Å². The Hall–Kier alpha value is -0.390. The molecule has 66 valence electrons. The first-order chi connectivity index (χ1) is 4.76. The first kappa shape index (κ1) is 10.6. The van der Waals surface area contributed by atoms with Gasteiger partial charge in [0.05, 0.1) is 0 Å². The van der Waals surface area contributed by atoms with Crippen LogP contribution in [0.25, 0.3) is 0 Å². The van der Waals surface area contributed by atoms with Crippen LogP contribution in [0.3, 0.4) is 0 Å². The first-order valence-electron chi connectivity index (χ1n) is 2.18. The molecule has 1 atom stereocenters. The molecular formula is C4HClF6. The van der Waals surface area contributed by atoms with Crippen LogP contribution in [0.2, 0.25) is 0 Å². The highest BCUT2D eigenvalue weighted by Crippen LogP contribution is 2.33. The second-order valence-electron chi connectivity index (χ2n) is 1.51. The van der Waals surface area contributed by atoms with Gasteiger partial charge in [0.25, 0.3) is 0 Å². The van der Waals surface area contributed by atoms with Gasteiger partial charge in [0.2, 0.25) is 12.0 Å². The minimum atomic E-state index is -4.65. The molecule has 0 nitrogen and oxygen atoms in total. The highest BCUT2D eigenvalue weighted by atomic mass is 35.5. The van der Waals surface area contributed by atoms with E-state index in [2.05, 4.69) is 11.6 Å². The van der Waals surface area contributed by atoms with Crippen LogP contribution in [0.15, 0.2) is 11.9 Å². The van der Waals surface area contributed by atoms with Gasteiger partial charge in [-0.3, -0.25) is 0 Å². The van der Waals surface area contributed by atoms with Crippen LogP contribution in [-0.2, 0) is 0 Å². The molecule has 0 aliphatic rings. The molecule has 11 heavy (non-hydrogen) atoms. The fraction of sp³-hybridized carbons (Fsp3) is 0.500. The predicted octanol–water partition coefficient (Wildman–Crippen LogP) is 3.23. The van der Waals surface area contributed by atoms with Crippen molar-refractivity contribution in [1.29, 1.82) is 0 Å². The molecule has 0 rings (SSSR count). The lowest BCUT2D eigenvalue weighted by molar-refractivity contribution is 0.0113. The van der Waals surface area contributed by atoms with Crippen molar-refractivity contribution < 1.29 is 26.3 Å². The highest BCUT2D eigenvalue weighted by Gasteiger charge is 2.43. The quantitative estimate of drug-likeness (QED) is 0.472. The fourth-order valence-corrected chi connectivity index (χ4v) is 0.335. The molecule has 0 aliphatic carbocycles. The second-order valence-corrected chi connectivity index (χ2v) is 2.02. The zero-order valence-corrected chi connectivity index (χ0v) is 5.48. The Balaban J connectivity index is 4.52. The van der Waals surface area contributed by atoms with E-state index in [-0.39, 0.29) is 0 Å². The molecule has 0 bridgehead atoms. The molecule has 0 fully saturated rings. The van der Waals surface area contributed by atoms with Crippen molar-refractivity contribution in [1.82, 2.24) is 0 Å². The van der Waals surface area contributed by atoms with Crippen LogP contribution >= 0.6 is 11.6 Å². The lowest BCUT2D eigenvalue weighted by Gasteiger charge is -2.10. The summed E-state index contributed by atoms with van der Waals surface area (Å²) in [5.41, 5.74) is 0. The number of alkyl halides is 4. The SMILES string of the molecule is FC(F)=C(F)C(F)C(F)(F)Cl. The van der Waals surface area contributed by atoms with Crippen molar-refractivity contribution in [3.05, 3.63) is 11.9 Å². The summed E-state index contributed by atoms with van der Waals surface area (Å²) in [4.78, 5) is 0. The maximum atomic E-state index is 11.8. The van der Waals surface area contributed by atoms with E-state index in [1.165, 1.54) is 0 Å². The van der Waals surface area contributed by atoms with Gasteiger partial charge in [0.15, 0.2) is 0 Å². The van der Waals surface area contributed by atoms with E-state index < -0.39 is 23.5 Å². The van der Waals surface area contributed by atoms with E-state index >= 15 is 0 Å². The summed E-state index contributed by atoms with van der Waals surface area (Å²) < 4.78 is 68.5. The predicted molar refractivity (Wildman–Crippen MR) is 26.0 cm³/mol. The van der Waals surface area contributed by atoms with E-state index in [1.54, 1.807) is 0 Å². The Morgan fingerprint density at radius 2 is 1.55 bits per heavy atom. The van der Waals surface area contributed by atoms with Crippen LogP contribution in [0.1, 0.15) is 0 Å². The van der Waals surface area contributed by atoms with Gasteiger partial charge in [-0.1, -0.05) is 0 Å². The Bertz CT molecular complexity index is 166. The average molecular weight is 198 g/mol. The minimum absolute atomic E-state index is 2.84. The van der Waals surface area contributed by atoms with Gasteiger partial charge in [0.1, 0.15) is 0 Å². The van der Waals surface area contributed by atoms with Crippen molar-refractivity contribution in [3.63, 3.8) is 0 Å². The van der Waals surface area contributed by atoms with E-state index in [9.17, 15) is 26.3 Å². The lowest BCUT2D eigenvalue weighted by atomic mass is 10.3. The van der Waals surface area contributed by atoms with Crippen molar-refractivity contribution in [2.24, 2.45) is 0 Å². The first-order valence-corrected chi connectivity index (χ1v) is 2.56. The van der Waals surface area contributed by atoms with Gasteiger partial charge >= 0.3 is 11.5 Å². The summed E-state index contributed by atoms with van der Waals surface area (Å²) in [6, 6.07) is 0. The topological polar surface area (TPSA) is 0 Å². The third-order valence-electron chi connectivity index (χ3n) is 0.690. The molecule has 0 saturated heterocycles. The van der Waals surface area contributed by atoms with Crippen molar-refractivity contribution >= 4 is 11.6 Å². The largest absolute Gasteiger partial charge is 0.359 e. The summed E-state index contributed by atoms with van der Waals surface area (Å²) in [6.45, 7) is 0. The molecule has 0 aromatic carbocycles. The van der Waals surface area contributed by atoms with Gasteiger partial charge in [0, 0.05) is 0 Å². The minimum Gasteiger partial charge on any atom is -0.231 e. The van der Waals surface area contributed by atoms with E-state index in [4.69, 9.17) is 0 Å². The van der Waals surface area contributed by atoms with Crippen molar-refractivity contribution in [3.8, 4) is 0 Å². The Morgan fingerprint density at radius 3 is 1.64 bits per heavy atom. The molecule has 0 N–H and O–H groups in total. The van der Waals surface area contributed by atoms with Crippen LogP contribution in [0, 0.1) is 0 Å². The smallest absolute Gasteiger partial charge is 0.231 e. The third-order valence-corrected chi connectivity index (χ3v) is 0.882. The third kappa shape index (κ3) is 3.00. The van der Waals surface area contributed by atoms with Gasteiger partial charge in [-0.15, -0.1) is 0 Å². The van der Waals surface area contributed by atoms with Gasteiger partial charge in [-0.25, -0.2) is 8.78 Å². The second kappa shape index (κ2) is 3.34. The Kier molecular flexibility index (Phi) is 3.22. The van der Waals surface area contributed by atoms with Gasteiger partial charge in [-0.05, 0) is 11.6 Å². The average Bonchev–Trinajstić information content (AvgIpc) is 1.82. The normalized spacial score (nSPS) is 14.5. The highest BCUT2D eigenvalue weighted by molar-refractivity contribution is 6.22. The standard InChI is InChI=1S/C4HClF6/c5-4(10,11)2(7)1(6)3(8)9/h2H. The number of rotatable bonds is 2. The number of hydrogen-bond donors (Lipinski definition) is 0. The molecule has 0 aromatic rings. The fourth-order valence-electron chi connectivity index (χ4n) is 0.239. The van der Waals surface area contributed by atoms with Crippen LogP contribution < -0.4 is 0 Å². The van der Waals surface area contributed by atoms with E-state index in [0.717, 1.165) is 0 Å². The van der Waals surface area contributed by atoms with E-state index in [0.29, 0.717) is 0 Å². The molecule has 1 unspecified atom stereocenters. The van der Waals surface area contributed by atoms with Crippen LogP contribution in [-0.4, -0.2) is 11.6 Å². The zero-order chi connectivity index (χ0) is 9.23. The van der Waals surface area contributed by atoms with Crippen LogP contribution in [0.5, 0.6) is 0 Å². The molecule has 0 saturated carbocycles. The maximum Gasteiger partial charge on any atom is 0.359 e. The van der Waals surface area contributed by atoms with Crippen LogP contribution in [0.4, 0.5) is 26.3 Å².